The van der Waals surface area contributed by atoms with E-state index in [-0.39, 0.29) is 5.70 Å². The molecule has 0 saturated heterocycles. The van der Waals surface area contributed by atoms with Crippen LogP contribution in [0.4, 0.5) is 0 Å². The molecular formula is C7H10N2O2. The van der Waals surface area contributed by atoms with E-state index in [0.29, 0.717) is 0 Å². The predicted molar refractivity (Wildman–Crippen MR) is 43.5 cm³/mol. The summed E-state index contributed by atoms with van der Waals surface area (Å²) in [6.07, 6.45) is 5.66. The van der Waals surface area contributed by atoms with Crippen LogP contribution in [0.1, 0.15) is 0 Å². The van der Waals surface area contributed by atoms with Crippen molar-refractivity contribution < 1.29 is 4.92 Å². The minimum absolute atomic E-state index is 0.00685. The molecule has 0 amide bonds. The van der Waals surface area contributed by atoms with Gasteiger partial charge in [0.1, 0.15) is 0 Å². The van der Waals surface area contributed by atoms with Crippen LogP contribution in [0.3, 0.4) is 0 Å². The molecule has 4 heteroatoms. The largest absolute Gasteiger partial charge is 0.388 e. The Morgan fingerprint density at radius 1 is 1.73 bits per heavy atom. The Bertz CT molecular complexity index is 206. The average molecular weight is 154 g/mol. The van der Waals surface area contributed by atoms with Gasteiger partial charge in [0.2, 0.25) is 0 Å². The Hall–Kier alpha value is -1.58. The fourth-order valence-corrected chi connectivity index (χ4v) is 0.476. The maximum atomic E-state index is 10.2. The molecule has 0 unspecified atom stereocenters. The highest BCUT2D eigenvalue weighted by Gasteiger charge is 2.02. The van der Waals surface area contributed by atoms with Crippen molar-refractivity contribution in [1.82, 2.24) is 5.32 Å². The molecule has 1 N–H and O–H groups in total. The van der Waals surface area contributed by atoms with Crippen molar-refractivity contribution >= 4 is 0 Å². The molecule has 0 aliphatic heterocycles. The predicted octanol–water partition coefficient (Wildman–Crippen LogP) is 1.07. The molecule has 0 aromatic rings. The second kappa shape index (κ2) is 5.22. The Balaban J connectivity index is 4.35. The Kier molecular flexibility index (Phi) is 4.47. The van der Waals surface area contributed by atoms with Gasteiger partial charge in [-0.2, -0.15) is 0 Å². The van der Waals surface area contributed by atoms with Gasteiger partial charge in [0, 0.05) is 13.1 Å². The molecule has 11 heavy (non-hydrogen) atoms. The van der Waals surface area contributed by atoms with Crippen LogP contribution in [0.15, 0.2) is 36.7 Å². The molecule has 0 heterocycles. The summed E-state index contributed by atoms with van der Waals surface area (Å²) in [7, 11) is 1.60. The van der Waals surface area contributed by atoms with Gasteiger partial charge in [0.25, 0.3) is 5.70 Å². The topological polar surface area (TPSA) is 55.2 Å². The highest BCUT2D eigenvalue weighted by Crippen LogP contribution is 1.95. The molecule has 0 radical (unpaired) electrons. The fourth-order valence-electron chi connectivity index (χ4n) is 0.476. The van der Waals surface area contributed by atoms with Crippen LogP contribution in [0.5, 0.6) is 0 Å². The number of hydrogen-bond acceptors (Lipinski definition) is 3. The molecule has 0 aliphatic carbocycles. The highest BCUT2D eigenvalue weighted by molar-refractivity contribution is 5.14. The van der Waals surface area contributed by atoms with Crippen molar-refractivity contribution in [3.63, 3.8) is 0 Å². The van der Waals surface area contributed by atoms with E-state index in [9.17, 15) is 10.1 Å². The first-order valence-electron chi connectivity index (χ1n) is 3.03. The SMILES string of the molecule is C=C/C=C/C(=C\NC)[N+](=O)[O-]. The van der Waals surface area contributed by atoms with Gasteiger partial charge in [-0.15, -0.1) is 0 Å². The smallest absolute Gasteiger partial charge is 0.284 e. The maximum absolute atomic E-state index is 10.2. The Labute approximate surface area is 65.1 Å². The first kappa shape index (κ1) is 9.42. The molecular weight excluding hydrogens is 144 g/mol. The second-order valence-electron chi connectivity index (χ2n) is 1.71. The number of allylic oxidation sites excluding steroid dienone is 3. The standard InChI is InChI=1S/C7H10N2O2/c1-3-4-5-7(6-8-2)9(10)11/h3-6,8H,1H2,2H3/b5-4+,7-6+. The van der Waals surface area contributed by atoms with Crippen LogP contribution < -0.4 is 5.32 Å². The summed E-state index contributed by atoms with van der Waals surface area (Å²) in [4.78, 5) is 9.73. The highest BCUT2D eigenvalue weighted by atomic mass is 16.6. The van der Waals surface area contributed by atoms with Crippen molar-refractivity contribution in [1.29, 1.82) is 0 Å². The van der Waals surface area contributed by atoms with Crippen LogP contribution in [-0.2, 0) is 0 Å². The van der Waals surface area contributed by atoms with Gasteiger partial charge >= 0.3 is 0 Å². The normalized spacial score (nSPS) is 11.5. The summed E-state index contributed by atoms with van der Waals surface area (Å²) in [5.41, 5.74) is 0.00685. The minimum Gasteiger partial charge on any atom is -0.388 e. The van der Waals surface area contributed by atoms with E-state index in [0.717, 1.165) is 0 Å². The summed E-state index contributed by atoms with van der Waals surface area (Å²) in [5, 5.41) is 12.8. The molecule has 0 spiro atoms. The van der Waals surface area contributed by atoms with Crippen molar-refractivity contribution in [2.75, 3.05) is 7.05 Å². The molecule has 0 bridgehead atoms. The van der Waals surface area contributed by atoms with E-state index in [1.165, 1.54) is 24.4 Å². The molecule has 0 aromatic carbocycles. The molecule has 0 fully saturated rings. The summed E-state index contributed by atoms with van der Waals surface area (Å²) in [6, 6.07) is 0. The second-order valence-corrected chi connectivity index (χ2v) is 1.71. The maximum Gasteiger partial charge on any atom is 0.284 e. The van der Waals surface area contributed by atoms with E-state index in [4.69, 9.17) is 0 Å². The minimum atomic E-state index is -0.476. The molecule has 0 rings (SSSR count). The summed E-state index contributed by atoms with van der Waals surface area (Å²) < 4.78 is 0. The van der Waals surface area contributed by atoms with E-state index < -0.39 is 4.92 Å². The third-order valence-electron chi connectivity index (χ3n) is 0.906. The summed E-state index contributed by atoms with van der Waals surface area (Å²) in [5.74, 6) is 0. The lowest BCUT2D eigenvalue weighted by atomic mass is 10.4. The number of nitro groups is 1. The van der Waals surface area contributed by atoms with Crippen molar-refractivity contribution in [3.8, 4) is 0 Å². The number of nitrogens with one attached hydrogen (secondary N) is 1. The third kappa shape index (κ3) is 3.91. The van der Waals surface area contributed by atoms with Gasteiger partial charge in [0.15, 0.2) is 0 Å². The van der Waals surface area contributed by atoms with Gasteiger partial charge in [-0.25, -0.2) is 0 Å². The van der Waals surface area contributed by atoms with E-state index in [1.807, 2.05) is 0 Å². The van der Waals surface area contributed by atoms with Gasteiger partial charge < -0.3 is 5.32 Å². The van der Waals surface area contributed by atoms with E-state index in [1.54, 1.807) is 7.05 Å². The van der Waals surface area contributed by atoms with Crippen LogP contribution in [-0.4, -0.2) is 12.0 Å². The first-order chi connectivity index (χ1) is 5.22. The fraction of sp³-hybridized carbons (Fsp3) is 0.143. The van der Waals surface area contributed by atoms with Crippen molar-refractivity contribution in [2.45, 2.75) is 0 Å². The molecule has 0 atom stereocenters. The summed E-state index contributed by atoms with van der Waals surface area (Å²) >= 11 is 0. The zero-order valence-corrected chi connectivity index (χ0v) is 6.28. The van der Waals surface area contributed by atoms with Crippen LogP contribution >= 0.6 is 0 Å². The quantitative estimate of drug-likeness (QED) is 0.374. The summed E-state index contributed by atoms with van der Waals surface area (Å²) in [6.45, 7) is 3.40. The molecule has 4 nitrogen and oxygen atoms in total. The lowest BCUT2D eigenvalue weighted by molar-refractivity contribution is -0.419. The number of rotatable bonds is 4. The van der Waals surface area contributed by atoms with Crippen LogP contribution in [0.2, 0.25) is 0 Å². The Morgan fingerprint density at radius 2 is 2.36 bits per heavy atom. The first-order valence-corrected chi connectivity index (χ1v) is 3.03. The number of nitrogens with zero attached hydrogens (tertiary/aromatic N) is 1. The molecule has 60 valence electrons. The average Bonchev–Trinajstić information content (AvgIpc) is 1.97. The van der Waals surface area contributed by atoms with Gasteiger partial charge in [-0.3, -0.25) is 10.1 Å². The zero-order chi connectivity index (χ0) is 8.69. The Morgan fingerprint density at radius 3 is 2.73 bits per heavy atom. The lowest BCUT2D eigenvalue weighted by Crippen LogP contribution is -2.02. The van der Waals surface area contributed by atoms with Crippen LogP contribution in [0, 0.1) is 10.1 Å². The number of hydrogen-bond donors (Lipinski definition) is 1. The van der Waals surface area contributed by atoms with Crippen molar-refractivity contribution in [3.05, 3.63) is 46.8 Å². The monoisotopic (exact) mass is 154 g/mol. The zero-order valence-electron chi connectivity index (χ0n) is 6.28. The third-order valence-corrected chi connectivity index (χ3v) is 0.906. The van der Waals surface area contributed by atoms with Crippen molar-refractivity contribution in [2.24, 2.45) is 0 Å². The van der Waals surface area contributed by atoms with Gasteiger partial charge in [0.05, 0.1) is 11.1 Å². The van der Waals surface area contributed by atoms with Crippen LogP contribution in [0.25, 0.3) is 0 Å². The van der Waals surface area contributed by atoms with E-state index >= 15 is 0 Å². The van der Waals surface area contributed by atoms with Gasteiger partial charge in [-0.1, -0.05) is 18.7 Å². The van der Waals surface area contributed by atoms with E-state index in [2.05, 4.69) is 11.9 Å². The van der Waals surface area contributed by atoms with Gasteiger partial charge in [-0.05, 0) is 0 Å². The lowest BCUT2D eigenvalue weighted by Gasteiger charge is -1.89. The molecule has 0 aromatic heterocycles. The molecule has 0 aliphatic rings. The molecule has 0 saturated carbocycles.